The minimum atomic E-state index is -0.265. The first-order valence-corrected chi connectivity index (χ1v) is 16.7. The van der Waals surface area contributed by atoms with Gasteiger partial charge >= 0.3 is 0 Å². The molecule has 1 fully saturated rings. The van der Waals surface area contributed by atoms with Gasteiger partial charge in [0.05, 0.1) is 31.0 Å². The van der Waals surface area contributed by atoms with Crippen LogP contribution in [0.15, 0.2) is 102 Å². The first kappa shape index (κ1) is 30.8. The van der Waals surface area contributed by atoms with Crippen LogP contribution in [0.2, 0.25) is 0 Å². The largest absolute Gasteiger partial charge is 0.493 e. The third-order valence-corrected chi connectivity index (χ3v) is 9.71. The van der Waals surface area contributed by atoms with Crippen molar-refractivity contribution in [3.05, 3.63) is 114 Å². The number of aryl methyl sites for hydroxylation is 1. The summed E-state index contributed by atoms with van der Waals surface area (Å²) in [7, 11) is 1.59. The van der Waals surface area contributed by atoms with E-state index in [1.807, 2.05) is 17.2 Å². The Kier molecular flexibility index (Phi) is 8.07. The van der Waals surface area contributed by atoms with Gasteiger partial charge in [-0.25, -0.2) is 8.78 Å². The van der Waals surface area contributed by atoms with Crippen molar-refractivity contribution in [2.24, 2.45) is 4.99 Å². The molecule has 0 spiro atoms. The number of unbranched alkanes of at least 4 members (excludes halogenated alkanes) is 1. The number of halogens is 2. The fourth-order valence-corrected chi connectivity index (χ4v) is 7.16. The normalized spacial score (nSPS) is 15.4. The number of hydrogen-bond donors (Lipinski definition) is 0. The Hall–Kier alpha value is -5.50. The number of carbonyl (C=O) groups is 1. The lowest BCUT2D eigenvalue weighted by Gasteiger charge is -2.20. The SMILES string of the molecule is COc1cc2c(cc1OCCCCn1c3ccc(-c4ccc(F)cc4)cc3c3cc(-c4ccc(F)cc4)ccc31)N=C[C@@H]1CCCN1C2=O. The molecule has 1 aromatic heterocycles. The van der Waals surface area contributed by atoms with E-state index in [2.05, 4.69) is 46.0 Å². The second-order valence-electron chi connectivity index (χ2n) is 12.7. The van der Waals surface area contributed by atoms with Crippen molar-refractivity contribution in [3.8, 4) is 33.8 Å². The topological polar surface area (TPSA) is 56.1 Å². The van der Waals surface area contributed by atoms with E-state index >= 15 is 0 Å². The molecule has 1 atom stereocenters. The minimum Gasteiger partial charge on any atom is -0.493 e. The average Bonchev–Trinajstić information content (AvgIpc) is 3.69. The molecule has 2 aliphatic heterocycles. The van der Waals surface area contributed by atoms with E-state index < -0.39 is 0 Å². The van der Waals surface area contributed by atoms with Gasteiger partial charge < -0.3 is 18.9 Å². The van der Waals surface area contributed by atoms with E-state index in [9.17, 15) is 13.6 Å². The number of hydrogen-bond acceptors (Lipinski definition) is 4. The van der Waals surface area contributed by atoms with Gasteiger partial charge in [0.15, 0.2) is 11.5 Å². The molecule has 6 nitrogen and oxygen atoms in total. The van der Waals surface area contributed by atoms with Gasteiger partial charge in [-0.1, -0.05) is 36.4 Å². The van der Waals surface area contributed by atoms with E-state index in [1.54, 1.807) is 37.4 Å². The molecule has 6 aromatic rings. The zero-order chi connectivity index (χ0) is 33.5. The molecule has 246 valence electrons. The maximum absolute atomic E-state index is 13.7. The molecule has 2 aliphatic rings. The second kappa shape index (κ2) is 12.8. The van der Waals surface area contributed by atoms with Gasteiger partial charge in [0, 0.05) is 47.2 Å². The molecular formula is C41H35F2N3O3. The number of fused-ring (bicyclic) bond motifs is 5. The highest BCUT2D eigenvalue weighted by Gasteiger charge is 2.32. The molecular weight excluding hydrogens is 620 g/mol. The Morgan fingerprint density at radius 2 is 1.37 bits per heavy atom. The first-order valence-electron chi connectivity index (χ1n) is 16.7. The highest BCUT2D eigenvalue weighted by molar-refractivity contribution is 6.10. The quantitative estimate of drug-likeness (QED) is 0.146. The smallest absolute Gasteiger partial charge is 0.256 e. The lowest BCUT2D eigenvalue weighted by atomic mass is 10.0. The highest BCUT2D eigenvalue weighted by atomic mass is 19.1. The van der Waals surface area contributed by atoms with Crippen LogP contribution in [0.1, 0.15) is 36.0 Å². The summed E-state index contributed by atoms with van der Waals surface area (Å²) < 4.78 is 41.5. The molecule has 1 amide bonds. The molecule has 0 saturated carbocycles. The second-order valence-corrected chi connectivity index (χ2v) is 12.7. The highest BCUT2D eigenvalue weighted by Crippen LogP contribution is 2.39. The number of ether oxygens (including phenoxy) is 2. The van der Waals surface area contributed by atoms with Gasteiger partial charge in [-0.15, -0.1) is 0 Å². The van der Waals surface area contributed by atoms with Crippen molar-refractivity contribution < 1.29 is 23.0 Å². The fourth-order valence-electron chi connectivity index (χ4n) is 7.16. The number of nitrogens with zero attached hydrogens (tertiary/aromatic N) is 3. The minimum absolute atomic E-state index is 0.0133. The summed E-state index contributed by atoms with van der Waals surface area (Å²) in [5.41, 5.74) is 7.27. The van der Waals surface area contributed by atoms with Crippen molar-refractivity contribution in [2.75, 3.05) is 20.3 Å². The van der Waals surface area contributed by atoms with E-state index in [0.29, 0.717) is 29.4 Å². The van der Waals surface area contributed by atoms with Gasteiger partial charge in [-0.3, -0.25) is 9.79 Å². The predicted octanol–water partition coefficient (Wildman–Crippen LogP) is 9.59. The summed E-state index contributed by atoms with van der Waals surface area (Å²) in [6.07, 6.45) is 5.45. The van der Waals surface area contributed by atoms with E-state index in [-0.39, 0.29) is 23.6 Å². The van der Waals surface area contributed by atoms with Crippen molar-refractivity contribution >= 4 is 39.6 Å². The van der Waals surface area contributed by atoms with Gasteiger partial charge in [0.1, 0.15) is 11.6 Å². The zero-order valence-electron chi connectivity index (χ0n) is 27.2. The van der Waals surface area contributed by atoms with Crippen LogP contribution in [0.5, 0.6) is 11.5 Å². The van der Waals surface area contributed by atoms with Crippen molar-refractivity contribution in [1.29, 1.82) is 0 Å². The molecule has 8 rings (SSSR count). The number of methoxy groups -OCH3 is 1. The van der Waals surface area contributed by atoms with Crippen LogP contribution in [-0.4, -0.2) is 47.9 Å². The number of rotatable bonds is 9. The van der Waals surface area contributed by atoms with Crippen LogP contribution in [0.4, 0.5) is 14.5 Å². The average molecular weight is 656 g/mol. The van der Waals surface area contributed by atoms with Crippen LogP contribution in [-0.2, 0) is 6.54 Å². The van der Waals surface area contributed by atoms with E-state index in [4.69, 9.17) is 9.47 Å². The number of aliphatic imine (C=N–C) groups is 1. The molecule has 5 aromatic carbocycles. The number of amides is 1. The molecule has 0 N–H and O–H groups in total. The molecule has 1 saturated heterocycles. The molecule has 0 radical (unpaired) electrons. The standard InChI is InChI=1S/C41H35F2N3O3/c1-48-39-23-35-36(44-25-32-5-4-19-45(32)41(35)47)24-40(39)49-20-3-2-18-46-37-16-10-28(26-6-12-30(42)13-7-26)21-33(37)34-22-29(11-17-38(34)46)27-8-14-31(43)15-9-27/h6-17,21-25,32H,2-5,18-20H2,1H3/t32-/m0/s1. The van der Waals surface area contributed by atoms with Crippen molar-refractivity contribution in [2.45, 2.75) is 38.3 Å². The number of carbonyl (C=O) groups excluding carboxylic acids is 1. The summed E-state index contributed by atoms with van der Waals surface area (Å²) in [5.74, 6) is 0.557. The van der Waals surface area contributed by atoms with Gasteiger partial charge in [-0.2, -0.15) is 0 Å². The third kappa shape index (κ3) is 5.81. The summed E-state index contributed by atoms with van der Waals surface area (Å²) >= 11 is 0. The van der Waals surface area contributed by atoms with E-state index in [0.717, 1.165) is 82.8 Å². The molecule has 0 bridgehead atoms. The summed E-state index contributed by atoms with van der Waals surface area (Å²) in [6.45, 7) is 1.99. The van der Waals surface area contributed by atoms with Crippen LogP contribution in [0, 0.1) is 11.6 Å². The molecule has 8 heteroatoms. The molecule has 0 unspecified atom stereocenters. The summed E-state index contributed by atoms with van der Waals surface area (Å²) in [5, 5.41) is 2.20. The Labute approximate surface area is 283 Å². The van der Waals surface area contributed by atoms with Gasteiger partial charge in [0.2, 0.25) is 0 Å². The monoisotopic (exact) mass is 655 g/mol. The van der Waals surface area contributed by atoms with Crippen LogP contribution in [0.3, 0.4) is 0 Å². The van der Waals surface area contributed by atoms with Gasteiger partial charge in [-0.05, 0) is 103 Å². The summed E-state index contributed by atoms with van der Waals surface area (Å²) in [6, 6.07) is 29.5. The fraction of sp³-hybridized carbons (Fsp3) is 0.220. The Morgan fingerprint density at radius 3 is 1.98 bits per heavy atom. The maximum atomic E-state index is 13.7. The lowest BCUT2D eigenvalue weighted by Crippen LogP contribution is -2.35. The van der Waals surface area contributed by atoms with Crippen molar-refractivity contribution in [3.63, 3.8) is 0 Å². The third-order valence-electron chi connectivity index (χ3n) is 9.71. The van der Waals surface area contributed by atoms with Crippen LogP contribution >= 0.6 is 0 Å². The van der Waals surface area contributed by atoms with Crippen LogP contribution in [0.25, 0.3) is 44.1 Å². The molecule has 49 heavy (non-hydrogen) atoms. The maximum Gasteiger partial charge on any atom is 0.256 e. The lowest BCUT2D eigenvalue weighted by molar-refractivity contribution is 0.0774. The summed E-state index contributed by atoms with van der Waals surface area (Å²) in [4.78, 5) is 19.8. The number of benzene rings is 5. The molecule has 0 aliphatic carbocycles. The Balaban J connectivity index is 1.04. The Morgan fingerprint density at radius 1 is 0.755 bits per heavy atom. The first-order chi connectivity index (χ1) is 24.0. The molecule has 3 heterocycles. The Bertz CT molecular complexity index is 2120. The van der Waals surface area contributed by atoms with Gasteiger partial charge in [0.25, 0.3) is 5.91 Å². The number of aromatic nitrogens is 1. The predicted molar refractivity (Wildman–Crippen MR) is 190 cm³/mol. The van der Waals surface area contributed by atoms with Crippen LogP contribution < -0.4 is 9.47 Å². The zero-order valence-corrected chi connectivity index (χ0v) is 27.2. The van der Waals surface area contributed by atoms with Crippen molar-refractivity contribution in [1.82, 2.24) is 9.47 Å². The van der Waals surface area contributed by atoms with E-state index in [1.165, 1.54) is 24.3 Å².